The maximum atomic E-state index is 12.7. The average molecular weight is 450 g/mol. The Labute approximate surface area is 119 Å². The van der Waals surface area contributed by atoms with Crippen LogP contribution in [0.4, 0.5) is 26.3 Å². The van der Waals surface area contributed by atoms with Crippen LogP contribution in [-0.2, 0) is 11.5 Å². The van der Waals surface area contributed by atoms with Gasteiger partial charge in [0.25, 0.3) is 0 Å². The first-order chi connectivity index (χ1) is 8.06. The molecule has 0 saturated carbocycles. The van der Waals surface area contributed by atoms with Crippen LogP contribution in [0.25, 0.3) is 0 Å². The second-order valence-electron chi connectivity index (χ2n) is 2.96. The van der Waals surface area contributed by atoms with E-state index >= 15 is 0 Å². The van der Waals surface area contributed by atoms with Crippen LogP contribution in [0.5, 0.6) is 5.75 Å². The number of alkyl halides is 7. The fourth-order valence-electron chi connectivity index (χ4n) is 1.09. The van der Waals surface area contributed by atoms with Gasteiger partial charge < -0.3 is 4.74 Å². The third-order valence-electron chi connectivity index (χ3n) is 1.70. The van der Waals surface area contributed by atoms with Crippen molar-refractivity contribution in [2.45, 2.75) is 17.9 Å². The van der Waals surface area contributed by atoms with Crippen molar-refractivity contribution >= 4 is 38.5 Å². The number of aromatic nitrogens is 1. The summed E-state index contributed by atoms with van der Waals surface area (Å²) in [4.78, 5) is 3.40. The van der Waals surface area contributed by atoms with E-state index in [1.165, 1.54) is 22.6 Å². The van der Waals surface area contributed by atoms with Crippen LogP contribution in [0.1, 0.15) is 11.1 Å². The number of hydrogen-bond donors (Lipinski definition) is 0. The van der Waals surface area contributed by atoms with E-state index in [-0.39, 0.29) is 10.9 Å². The molecule has 0 aromatic carbocycles. The van der Waals surface area contributed by atoms with Crippen LogP contribution >= 0.6 is 38.5 Å². The van der Waals surface area contributed by atoms with E-state index in [0.29, 0.717) is 0 Å². The first-order valence-corrected chi connectivity index (χ1v) is 6.32. The summed E-state index contributed by atoms with van der Waals surface area (Å²) in [5.41, 5.74) is -1.86. The minimum Gasteiger partial charge on any atom is -0.405 e. The van der Waals surface area contributed by atoms with Gasteiger partial charge in [-0.05, 0) is 22.6 Å². The second kappa shape index (κ2) is 5.39. The van der Waals surface area contributed by atoms with E-state index in [4.69, 9.17) is 0 Å². The Kier molecular flexibility index (Phi) is 4.73. The molecule has 0 bridgehead atoms. The fraction of sp³-hybridized carbons (Fsp3) is 0.375. The quantitative estimate of drug-likeness (QED) is 0.287. The molecule has 0 aliphatic heterocycles. The summed E-state index contributed by atoms with van der Waals surface area (Å²) in [6, 6.07) is 0. The van der Waals surface area contributed by atoms with E-state index in [2.05, 4.69) is 25.7 Å². The molecule has 0 N–H and O–H groups in total. The normalized spacial score (nSPS) is 12.7. The van der Waals surface area contributed by atoms with Gasteiger partial charge in [-0.2, -0.15) is 13.2 Å². The molecule has 2 nitrogen and oxygen atoms in total. The largest absolute Gasteiger partial charge is 0.573 e. The Morgan fingerprint density at radius 1 is 1.22 bits per heavy atom. The van der Waals surface area contributed by atoms with Gasteiger partial charge in [0.2, 0.25) is 0 Å². The molecule has 0 unspecified atom stereocenters. The zero-order chi connectivity index (χ0) is 14.1. The SMILES string of the molecule is FC(F)(F)Oc1c(CBr)cnc(I)c1C(F)(F)F. The lowest BCUT2D eigenvalue weighted by Crippen LogP contribution is -2.22. The molecule has 1 aromatic heterocycles. The minimum absolute atomic E-state index is 0.245. The summed E-state index contributed by atoms with van der Waals surface area (Å²) in [6.45, 7) is 0. The van der Waals surface area contributed by atoms with Crippen LogP contribution in [0, 0.1) is 3.70 Å². The van der Waals surface area contributed by atoms with Crippen molar-refractivity contribution in [3.8, 4) is 5.75 Å². The van der Waals surface area contributed by atoms with Crippen LogP contribution in [0.2, 0.25) is 0 Å². The highest BCUT2D eigenvalue weighted by Gasteiger charge is 2.42. The van der Waals surface area contributed by atoms with Crippen molar-refractivity contribution in [3.05, 3.63) is 21.0 Å². The number of rotatable bonds is 2. The third-order valence-corrected chi connectivity index (χ3v) is 3.13. The fourth-order valence-corrected chi connectivity index (χ4v) is 2.17. The van der Waals surface area contributed by atoms with Gasteiger partial charge in [0.15, 0.2) is 0 Å². The number of ether oxygens (including phenoxy) is 1. The van der Waals surface area contributed by atoms with Crippen LogP contribution in [0.15, 0.2) is 6.20 Å². The third kappa shape index (κ3) is 3.87. The van der Waals surface area contributed by atoms with Gasteiger partial charge in [-0.25, -0.2) is 4.98 Å². The highest BCUT2D eigenvalue weighted by molar-refractivity contribution is 14.1. The molecule has 1 rings (SSSR count). The monoisotopic (exact) mass is 449 g/mol. The first-order valence-electron chi connectivity index (χ1n) is 4.12. The Morgan fingerprint density at radius 3 is 2.17 bits per heavy atom. The van der Waals surface area contributed by atoms with Crippen molar-refractivity contribution in [2.24, 2.45) is 0 Å². The van der Waals surface area contributed by atoms with Crippen LogP contribution in [-0.4, -0.2) is 11.3 Å². The highest BCUT2D eigenvalue weighted by atomic mass is 127. The summed E-state index contributed by atoms with van der Waals surface area (Å²) >= 11 is 3.99. The van der Waals surface area contributed by atoms with E-state index in [1.54, 1.807) is 0 Å². The predicted octanol–water partition coefficient (Wildman–Crippen LogP) is 4.50. The lowest BCUT2D eigenvalue weighted by molar-refractivity contribution is -0.276. The van der Waals surface area contributed by atoms with Gasteiger partial charge >= 0.3 is 12.5 Å². The minimum atomic E-state index is -5.21. The Bertz CT molecular complexity index is 446. The van der Waals surface area contributed by atoms with E-state index in [0.717, 1.165) is 6.20 Å². The molecule has 0 aliphatic rings. The van der Waals surface area contributed by atoms with Gasteiger partial charge in [-0.15, -0.1) is 13.2 Å². The average Bonchev–Trinajstić information content (AvgIpc) is 2.13. The summed E-state index contributed by atoms with van der Waals surface area (Å²) in [5.74, 6) is -1.27. The van der Waals surface area contributed by atoms with Crippen LogP contribution < -0.4 is 4.74 Å². The van der Waals surface area contributed by atoms with Gasteiger partial charge in [-0.1, -0.05) is 15.9 Å². The van der Waals surface area contributed by atoms with Gasteiger partial charge in [0, 0.05) is 17.1 Å². The predicted molar refractivity (Wildman–Crippen MR) is 61.3 cm³/mol. The molecular formula is C8H3BrF6INO. The first kappa shape index (κ1) is 15.8. The number of halogens is 8. The number of hydrogen-bond acceptors (Lipinski definition) is 2. The lowest BCUT2D eigenvalue weighted by atomic mass is 10.2. The second-order valence-corrected chi connectivity index (χ2v) is 4.54. The Balaban J connectivity index is 3.47. The van der Waals surface area contributed by atoms with Crippen LogP contribution in [0.3, 0.4) is 0 Å². The summed E-state index contributed by atoms with van der Waals surface area (Å²) in [6.07, 6.45) is -9.30. The molecule has 1 aromatic rings. The molecular weight excluding hydrogens is 447 g/mol. The van der Waals surface area contributed by atoms with Crippen molar-refractivity contribution in [1.82, 2.24) is 4.98 Å². The number of pyridine rings is 1. The molecule has 0 aliphatic carbocycles. The van der Waals surface area contributed by atoms with Gasteiger partial charge in [-0.3, -0.25) is 0 Å². The molecule has 0 atom stereocenters. The zero-order valence-corrected chi connectivity index (χ0v) is 11.9. The van der Waals surface area contributed by atoms with Gasteiger partial charge in [0.05, 0.1) is 0 Å². The van der Waals surface area contributed by atoms with Gasteiger partial charge in [0.1, 0.15) is 15.0 Å². The maximum absolute atomic E-state index is 12.7. The smallest absolute Gasteiger partial charge is 0.405 e. The molecule has 0 spiro atoms. The molecule has 0 saturated heterocycles. The summed E-state index contributed by atoms with van der Waals surface area (Å²) in [5, 5.41) is -0.245. The molecule has 102 valence electrons. The standard InChI is InChI=1S/C8H3BrF6INO/c9-1-3-2-17-6(16)4(7(10,11)12)5(3)18-8(13,14)15/h2H,1H2. The molecule has 0 fully saturated rings. The van der Waals surface area contributed by atoms with Crippen molar-refractivity contribution in [1.29, 1.82) is 0 Å². The Morgan fingerprint density at radius 2 is 1.78 bits per heavy atom. The van der Waals surface area contributed by atoms with E-state index in [1.807, 2.05) is 0 Å². The molecule has 1 heterocycles. The number of nitrogens with zero attached hydrogens (tertiary/aromatic N) is 1. The van der Waals surface area contributed by atoms with Crippen molar-refractivity contribution in [3.63, 3.8) is 0 Å². The van der Waals surface area contributed by atoms with Crippen molar-refractivity contribution < 1.29 is 31.1 Å². The zero-order valence-electron chi connectivity index (χ0n) is 8.16. The molecule has 18 heavy (non-hydrogen) atoms. The summed E-state index contributed by atoms with van der Waals surface area (Å²) < 4.78 is 77.3. The molecule has 10 heteroatoms. The maximum Gasteiger partial charge on any atom is 0.573 e. The topological polar surface area (TPSA) is 22.1 Å². The lowest BCUT2D eigenvalue weighted by Gasteiger charge is -2.18. The van der Waals surface area contributed by atoms with E-state index in [9.17, 15) is 26.3 Å². The highest BCUT2D eigenvalue weighted by Crippen LogP contribution is 2.42. The molecule has 0 radical (unpaired) electrons. The summed E-state index contributed by atoms with van der Waals surface area (Å²) in [7, 11) is 0. The Hall–Kier alpha value is -0.260. The van der Waals surface area contributed by atoms with Crippen molar-refractivity contribution in [2.75, 3.05) is 0 Å². The molecule has 0 amide bonds. The van der Waals surface area contributed by atoms with E-state index < -0.39 is 27.6 Å².